The van der Waals surface area contributed by atoms with E-state index in [1.54, 1.807) is 0 Å². The molecule has 2 aromatic rings. The largest absolute Gasteiger partial charge is 0.462 e. The van der Waals surface area contributed by atoms with E-state index in [9.17, 15) is 19.2 Å². The van der Waals surface area contributed by atoms with Gasteiger partial charge in [0.1, 0.15) is 37.0 Å². The second kappa shape index (κ2) is 19.7. The third-order valence-corrected chi connectivity index (χ3v) is 12.2. The van der Waals surface area contributed by atoms with Crippen LogP contribution in [0.2, 0.25) is 0 Å². The molecule has 0 spiro atoms. The van der Waals surface area contributed by atoms with Gasteiger partial charge in [-0.25, -0.2) is 0 Å². The van der Waals surface area contributed by atoms with Crippen LogP contribution in [0.4, 0.5) is 0 Å². The van der Waals surface area contributed by atoms with Crippen molar-refractivity contribution in [2.24, 2.45) is 11.8 Å². The Hall–Kier alpha value is -3.44. The fourth-order valence-electron chi connectivity index (χ4n) is 10.3. The Morgan fingerprint density at radius 2 is 0.776 bits per heavy atom. The predicted molar refractivity (Wildman–Crippen MR) is 224 cm³/mol. The zero-order chi connectivity index (χ0) is 42.1. The van der Waals surface area contributed by atoms with Crippen molar-refractivity contribution >= 4 is 23.5 Å². The first-order valence-corrected chi connectivity index (χ1v) is 21.7. The second-order valence-corrected chi connectivity index (χ2v) is 19.7. The van der Waals surface area contributed by atoms with Crippen LogP contribution in [0, 0.1) is 11.8 Å². The van der Waals surface area contributed by atoms with Gasteiger partial charge in [0.25, 0.3) is 0 Å². The lowest BCUT2D eigenvalue weighted by Gasteiger charge is -2.54. The van der Waals surface area contributed by atoms with Crippen molar-refractivity contribution in [1.29, 1.82) is 0 Å². The van der Waals surface area contributed by atoms with Gasteiger partial charge in [0.05, 0.1) is 0 Å². The van der Waals surface area contributed by atoms with Gasteiger partial charge in [0.15, 0.2) is 0 Å². The molecule has 2 aromatic carbocycles. The summed E-state index contributed by atoms with van der Waals surface area (Å²) in [5, 5.41) is 4.12. The molecule has 0 amide bonds. The van der Waals surface area contributed by atoms with E-state index in [0.717, 1.165) is 36.8 Å². The summed E-state index contributed by atoms with van der Waals surface area (Å²) in [6, 6.07) is 19.7. The van der Waals surface area contributed by atoms with Crippen LogP contribution < -0.4 is 0 Å². The lowest BCUT2D eigenvalue weighted by molar-refractivity contribution is -0.317. The molecule has 10 nitrogen and oxygen atoms in total. The highest BCUT2D eigenvalue weighted by Crippen LogP contribution is 2.46. The number of benzene rings is 2. The fraction of sp³-hybridized carbons (Fsp3) is 0.667. The number of carbonyl (C=O) groups is 4. The minimum Gasteiger partial charge on any atom is -0.462 e. The number of rotatable bonds is 2. The minimum absolute atomic E-state index is 0.0694. The fourth-order valence-corrected chi connectivity index (χ4v) is 10.3. The molecule has 0 N–H and O–H groups in total. The SMILES string of the molecule is CC1(C)CC2CC(=O)CCCCC(=O)OCC(c3ccccc3)ON3C(C)(C)CC(CC(=O)CCCCC(=O)OCC(c4ccccc4)ON1C(C)(C)C2)CC3(C)C. The van der Waals surface area contributed by atoms with Gasteiger partial charge in [-0.05, 0) is 130 Å². The van der Waals surface area contributed by atoms with Crippen LogP contribution in [-0.4, -0.2) is 69.0 Å². The molecule has 2 unspecified atom stereocenters. The van der Waals surface area contributed by atoms with Crippen molar-refractivity contribution in [2.45, 2.75) is 180 Å². The molecule has 2 atom stereocenters. The summed E-state index contributed by atoms with van der Waals surface area (Å²) in [6.07, 6.45) is 6.73. The molecule has 6 fully saturated rings. The van der Waals surface area contributed by atoms with E-state index in [1.165, 1.54) is 0 Å². The first kappa shape index (κ1) is 45.6. The number of esters is 2. The molecule has 0 saturated carbocycles. The second-order valence-electron chi connectivity index (χ2n) is 19.7. The summed E-state index contributed by atoms with van der Waals surface area (Å²) in [4.78, 5) is 66.4. The normalized spacial score (nSPS) is 30.8. The van der Waals surface area contributed by atoms with Crippen molar-refractivity contribution in [2.75, 3.05) is 13.2 Å². The topological polar surface area (TPSA) is 112 Å². The number of Topliss-reactive ketones (excluding diaryl/α,β-unsaturated/α-hetero) is 2. The van der Waals surface area contributed by atoms with Crippen molar-refractivity contribution in [3.63, 3.8) is 0 Å². The Kier molecular flexibility index (Phi) is 15.5. The molecule has 6 heterocycles. The first-order chi connectivity index (χ1) is 27.3. The molecule has 58 heavy (non-hydrogen) atoms. The number of ether oxygens (including phenoxy) is 2. The molecule has 320 valence electrons. The zero-order valence-electron chi connectivity index (χ0n) is 36.6. The molecular weight excluding hydrogens is 733 g/mol. The number of piperidine rings is 2. The zero-order valence-corrected chi connectivity index (χ0v) is 36.6. The van der Waals surface area contributed by atoms with Gasteiger partial charge < -0.3 is 9.47 Å². The predicted octanol–water partition coefficient (Wildman–Crippen LogP) is 10.0. The summed E-state index contributed by atoms with van der Waals surface area (Å²) in [6.45, 7) is 17.3. The first-order valence-electron chi connectivity index (χ1n) is 21.7. The highest BCUT2D eigenvalue weighted by Gasteiger charge is 2.49. The highest BCUT2D eigenvalue weighted by atomic mass is 16.7. The smallest absolute Gasteiger partial charge is 0.305 e. The highest BCUT2D eigenvalue weighted by molar-refractivity contribution is 5.79. The number of carbonyl (C=O) groups excluding carboxylic acids is 4. The summed E-state index contributed by atoms with van der Waals surface area (Å²) in [5.74, 6) is 0.183. The third-order valence-electron chi connectivity index (χ3n) is 12.2. The van der Waals surface area contributed by atoms with Crippen LogP contribution in [0.25, 0.3) is 0 Å². The van der Waals surface area contributed by atoms with Gasteiger partial charge in [0.2, 0.25) is 0 Å². The maximum atomic E-state index is 13.3. The van der Waals surface area contributed by atoms with Crippen LogP contribution in [0.3, 0.4) is 0 Å². The van der Waals surface area contributed by atoms with E-state index < -0.39 is 34.4 Å². The van der Waals surface area contributed by atoms with E-state index in [-0.39, 0.29) is 61.4 Å². The Balaban J connectivity index is 1.30. The molecule has 0 aromatic heterocycles. The number of hydrogen-bond donors (Lipinski definition) is 0. The number of hydroxylamine groups is 4. The average molecular weight is 803 g/mol. The van der Waals surface area contributed by atoms with Gasteiger partial charge >= 0.3 is 11.9 Å². The molecular formula is C48H70N2O8. The van der Waals surface area contributed by atoms with Gasteiger partial charge in [-0.2, -0.15) is 10.1 Å². The van der Waals surface area contributed by atoms with Gasteiger partial charge in [-0.15, -0.1) is 0 Å². The monoisotopic (exact) mass is 803 g/mol. The molecule has 0 radical (unpaired) electrons. The van der Waals surface area contributed by atoms with Gasteiger partial charge in [-0.3, -0.25) is 28.9 Å². The molecule has 6 aliphatic rings. The van der Waals surface area contributed by atoms with Gasteiger partial charge in [-0.1, -0.05) is 60.7 Å². The number of hydrogen-bond acceptors (Lipinski definition) is 10. The molecule has 4 bridgehead atoms. The lowest BCUT2D eigenvalue weighted by Crippen LogP contribution is -2.61. The van der Waals surface area contributed by atoms with Crippen LogP contribution in [-0.2, 0) is 38.3 Å². The van der Waals surface area contributed by atoms with E-state index in [4.69, 9.17) is 19.1 Å². The third kappa shape index (κ3) is 12.8. The van der Waals surface area contributed by atoms with Crippen molar-refractivity contribution in [3.8, 4) is 0 Å². The summed E-state index contributed by atoms with van der Waals surface area (Å²) >= 11 is 0. The Labute approximate surface area is 347 Å². The molecule has 8 rings (SSSR count). The summed E-state index contributed by atoms with van der Waals surface area (Å²) in [5.41, 5.74) is 0.236. The van der Waals surface area contributed by atoms with Crippen LogP contribution in [0.5, 0.6) is 0 Å². The maximum Gasteiger partial charge on any atom is 0.305 e. The summed E-state index contributed by atoms with van der Waals surface area (Å²) in [7, 11) is 0. The van der Waals surface area contributed by atoms with E-state index >= 15 is 0 Å². The molecule has 6 aliphatic heterocycles. The summed E-state index contributed by atoms with van der Waals surface area (Å²) < 4.78 is 11.7. The number of ketones is 2. The van der Waals surface area contributed by atoms with E-state index in [0.29, 0.717) is 51.4 Å². The molecule has 10 heteroatoms. The molecule has 6 saturated heterocycles. The van der Waals surface area contributed by atoms with E-state index in [2.05, 4.69) is 65.5 Å². The maximum absolute atomic E-state index is 13.3. The molecule has 0 aliphatic carbocycles. The lowest BCUT2D eigenvalue weighted by atomic mass is 9.73. The van der Waals surface area contributed by atoms with Crippen molar-refractivity contribution < 1.29 is 38.3 Å². The number of nitrogens with zero attached hydrogens (tertiary/aromatic N) is 2. The van der Waals surface area contributed by atoms with E-state index in [1.807, 2.05) is 60.7 Å². The Bertz CT molecular complexity index is 1510. The standard InChI is InChI=1S/C48H70N2O8/c1-45(2)29-35-27-39(51)23-15-17-26-44(54)56-34-42(38-21-13-10-14-22-38)58-50-47(5,6)31-36(32-48(50,7)8)28-40(52)24-16-18-25-43(53)55-33-41(37-19-11-9-12-20-37)57-49(45)46(3,4)30-35/h9-14,19-22,35-36,41-42H,15-18,23-34H2,1-8H3. The van der Waals surface area contributed by atoms with Crippen LogP contribution in [0.15, 0.2) is 60.7 Å². The van der Waals surface area contributed by atoms with Gasteiger partial charge in [0, 0.05) is 60.7 Å². The minimum atomic E-state index is -0.509. The van der Waals surface area contributed by atoms with Crippen molar-refractivity contribution in [3.05, 3.63) is 71.8 Å². The van der Waals surface area contributed by atoms with Crippen molar-refractivity contribution in [1.82, 2.24) is 10.1 Å². The quantitative estimate of drug-likeness (QED) is 0.272. The Morgan fingerprint density at radius 3 is 1.10 bits per heavy atom. The Morgan fingerprint density at radius 1 is 0.466 bits per heavy atom. The van der Waals surface area contributed by atoms with Crippen LogP contribution in [0.1, 0.15) is 169 Å². The average Bonchev–Trinajstić information content (AvgIpc) is 3.13. The van der Waals surface area contributed by atoms with Crippen LogP contribution >= 0.6 is 0 Å².